The Bertz CT molecular complexity index is 893. The maximum absolute atomic E-state index is 13.2. The van der Waals surface area contributed by atoms with E-state index in [1.165, 1.54) is 22.9 Å². The zero-order chi connectivity index (χ0) is 20.3. The normalized spacial score (nSPS) is 14.1. The Hall–Kier alpha value is -2.96. The summed E-state index contributed by atoms with van der Waals surface area (Å²) in [6.07, 6.45) is 0. The number of halogens is 2. The second kappa shape index (κ2) is 8.37. The highest BCUT2D eigenvalue weighted by Crippen LogP contribution is 2.23. The molecule has 1 fully saturated rings. The quantitative estimate of drug-likeness (QED) is 0.878. The van der Waals surface area contributed by atoms with E-state index < -0.39 is 17.5 Å². The van der Waals surface area contributed by atoms with Gasteiger partial charge in [-0.05, 0) is 49.2 Å². The lowest BCUT2D eigenvalue weighted by atomic mass is 10.1. The van der Waals surface area contributed by atoms with Gasteiger partial charge in [0.05, 0.1) is 6.54 Å². The standard InChI is InChI=1S/C21H23F2N3O2/c1-14-4-3-5-19(15(14)2)25-8-10-26(11-9-25)20(27)13-24-21(28)16-6-7-17(22)18(23)12-16/h3-7,12H,8-11,13H2,1-2H3,(H,24,28). The van der Waals surface area contributed by atoms with Crippen LogP contribution in [-0.4, -0.2) is 49.4 Å². The number of rotatable bonds is 4. The minimum atomic E-state index is -1.10. The highest BCUT2D eigenvalue weighted by molar-refractivity contribution is 5.96. The molecule has 0 bridgehead atoms. The summed E-state index contributed by atoms with van der Waals surface area (Å²) in [6.45, 7) is 6.55. The molecular weight excluding hydrogens is 364 g/mol. The molecule has 0 unspecified atom stereocenters. The largest absolute Gasteiger partial charge is 0.368 e. The molecule has 148 valence electrons. The number of piperazine rings is 1. The summed E-state index contributed by atoms with van der Waals surface area (Å²) in [6, 6.07) is 9.08. The topological polar surface area (TPSA) is 52.6 Å². The number of nitrogens with zero attached hydrogens (tertiary/aromatic N) is 2. The predicted molar refractivity (Wildman–Crippen MR) is 103 cm³/mol. The molecule has 1 saturated heterocycles. The van der Waals surface area contributed by atoms with Crippen LogP contribution in [0.5, 0.6) is 0 Å². The summed E-state index contributed by atoms with van der Waals surface area (Å²) in [7, 11) is 0. The summed E-state index contributed by atoms with van der Waals surface area (Å²) in [4.78, 5) is 28.4. The molecule has 0 radical (unpaired) electrons. The van der Waals surface area contributed by atoms with Crippen LogP contribution in [0.2, 0.25) is 0 Å². The van der Waals surface area contributed by atoms with Crippen molar-refractivity contribution in [3.8, 4) is 0 Å². The second-order valence-electron chi connectivity index (χ2n) is 6.90. The fourth-order valence-electron chi connectivity index (χ4n) is 3.28. The Kier molecular flexibility index (Phi) is 5.92. The van der Waals surface area contributed by atoms with Gasteiger partial charge in [-0.15, -0.1) is 0 Å². The van der Waals surface area contributed by atoms with Crippen LogP contribution in [0.4, 0.5) is 14.5 Å². The van der Waals surface area contributed by atoms with Gasteiger partial charge in [-0.25, -0.2) is 8.78 Å². The number of carbonyl (C=O) groups excluding carboxylic acids is 2. The predicted octanol–water partition coefficient (Wildman–Crippen LogP) is 2.66. The minimum Gasteiger partial charge on any atom is -0.368 e. The summed E-state index contributed by atoms with van der Waals surface area (Å²) in [5.74, 6) is -2.92. The molecule has 2 aromatic rings. The van der Waals surface area contributed by atoms with Gasteiger partial charge in [-0.3, -0.25) is 9.59 Å². The monoisotopic (exact) mass is 387 g/mol. The van der Waals surface area contributed by atoms with Crippen molar-refractivity contribution in [2.45, 2.75) is 13.8 Å². The Balaban J connectivity index is 1.52. The lowest BCUT2D eigenvalue weighted by Gasteiger charge is -2.37. The molecule has 0 aliphatic carbocycles. The van der Waals surface area contributed by atoms with Crippen molar-refractivity contribution in [2.75, 3.05) is 37.6 Å². The molecule has 5 nitrogen and oxygen atoms in total. The molecule has 1 aliphatic rings. The molecule has 3 rings (SSSR count). The van der Waals surface area contributed by atoms with E-state index in [2.05, 4.69) is 36.2 Å². The number of carbonyl (C=O) groups is 2. The fraction of sp³-hybridized carbons (Fsp3) is 0.333. The molecule has 0 spiro atoms. The first-order valence-corrected chi connectivity index (χ1v) is 9.19. The summed E-state index contributed by atoms with van der Waals surface area (Å²) >= 11 is 0. The lowest BCUT2D eigenvalue weighted by Crippen LogP contribution is -2.51. The average molecular weight is 387 g/mol. The van der Waals surface area contributed by atoms with E-state index in [0.29, 0.717) is 26.2 Å². The number of hydrogen-bond acceptors (Lipinski definition) is 3. The van der Waals surface area contributed by atoms with Gasteiger partial charge in [0, 0.05) is 37.4 Å². The molecule has 2 aromatic carbocycles. The number of aryl methyl sites for hydroxylation is 1. The van der Waals surface area contributed by atoms with E-state index in [1.54, 1.807) is 4.90 Å². The average Bonchev–Trinajstić information content (AvgIpc) is 2.70. The summed E-state index contributed by atoms with van der Waals surface area (Å²) in [5, 5.41) is 2.47. The van der Waals surface area contributed by atoms with Gasteiger partial charge in [0.1, 0.15) is 0 Å². The van der Waals surface area contributed by atoms with E-state index in [0.717, 1.165) is 12.1 Å². The van der Waals surface area contributed by atoms with Gasteiger partial charge in [-0.2, -0.15) is 0 Å². The smallest absolute Gasteiger partial charge is 0.251 e. The Morgan fingerprint density at radius 1 is 1.00 bits per heavy atom. The molecule has 0 atom stereocenters. The molecule has 0 aromatic heterocycles. The van der Waals surface area contributed by atoms with Gasteiger partial charge in [0.2, 0.25) is 5.91 Å². The molecule has 28 heavy (non-hydrogen) atoms. The molecule has 1 aliphatic heterocycles. The van der Waals surface area contributed by atoms with Crippen LogP contribution in [-0.2, 0) is 4.79 Å². The van der Waals surface area contributed by atoms with Crippen molar-refractivity contribution in [1.29, 1.82) is 0 Å². The number of hydrogen-bond donors (Lipinski definition) is 1. The number of anilines is 1. The van der Waals surface area contributed by atoms with Gasteiger partial charge >= 0.3 is 0 Å². The third-order valence-corrected chi connectivity index (χ3v) is 5.13. The first kappa shape index (κ1) is 19.8. The van der Waals surface area contributed by atoms with Crippen molar-refractivity contribution in [1.82, 2.24) is 10.2 Å². The van der Waals surface area contributed by atoms with Crippen LogP contribution < -0.4 is 10.2 Å². The van der Waals surface area contributed by atoms with E-state index in [-0.39, 0.29) is 18.0 Å². The van der Waals surface area contributed by atoms with Crippen LogP contribution >= 0.6 is 0 Å². The SMILES string of the molecule is Cc1cccc(N2CCN(C(=O)CNC(=O)c3ccc(F)c(F)c3)CC2)c1C. The highest BCUT2D eigenvalue weighted by atomic mass is 19.2. The molecule has 1 N–H and O–H groups in total. The van der Waals surface area contributed by atoms with Gasteiger partial charge in [-0.1, -0.05) is 12.1 Å². The molecule has 1 heterocycles. The van der Waals surface area contributed by atoms with E-state index in [9.17, 15) is 18.4 Å². The third-order valence-electron chi connectivity index (χ3n) is 5.13. The second-order valence-corrected chi connectivity index (χ2v) is 6.90. The maximum atomic E-state index is 13.2. The zero-order valence-corrected chi connectivity index (χ0v) is 16.0. The van der Waals surface area contributed by atoms with Crippen molar-refractivity contribution >= 4 is 17.5 Å². The minimum absolute atomic E-state index is 0.0218. The van der Waals surface area contributed by atoms with E-state index in [1.807, 2.05) is 6.07 Å². The van der Waals surface area contributed by atoms with E-state index in [4.69, 9.17) is 0 Å². The van der Waals surface area contributed by atoms with Crippen molar-refractivity contribution in [2.24, 2.45) is 0 Å². The van der Waals surface area contributed by atoms with Crippen molar-refractivity contribution < 1.29 is 18.4 Å². The number of amides is 2. The first-order chi connectivity index (χ1) is 13.4. The first-order valence-electron chi connectivity index (χ1n) is 9.19. The van der Waals surface area contributed by atoms with Crippen LogP contribution in [0.1, 0.15) is 21.5 Å². The fourth-order valence-corrected chi connectivity index (χ4v) is 3.28. The maximum Gasteiger partial charge on any atom is 0.251 e. The van der Waals surface area contributed by atoms with Crippen LogP contribution in [0.25, 0.3) is 0 Å². The van der Waals surface area contributed by atoms with Gasteiger partial charge in [0.25, 0.3) is 5.91 Å². The number of benzene rings is 2. The Labute approximate surface area is 162 Å². The van der Waals surface area contributed by atoms with Gasteiger partial charge in [0.15, 0.2) is 11.6 Å². The highest BCUT2D eigenvalue weighted by Gasteiger charge is 2.22. The van der Waals surface area contributed by atoms with E-state index >= 15 is 0 Å². The summed E-state index contributed by atoms with van der Waals surface area (Å²) < 4.78 is 26.2. The third kappa shape index (κ3) is 4.30. The number of nitrogens with one attached hydrogen (secondary N) is 1. The zero-order valence-electron chi connectivity index (χ0n) is 16.0. The summed E-state index contributed by atoms with van der Waals surface area (Å²) in [5.41, 5.74) is 3.63. The Morgan fingerprint density at radius 3 is 2.39 bits per heavy atom. The molecular formula is C21H23F2N3O2. The van der Waals surface area contributed by atoms with Crippen LogP contribution in [0.3, 0.4) is 0 Å². The lowest BCUT2D eigenvalue weighted by molar-refractivity contribution is -0.130. The molecule has 0 saturated carbocycles. The van der Waals surface area contributed by atoms with Crippen molar-refractivity contribution in [3.05, 3.63) is 64.7 Å². The van der Waals surface area contributed by atoms with Crippen molar-refractivity contribution in [3.63, 3.8) is 0 Å². The van der Waals surface area contributed by atoms with Crippen LogP contribution in [0.15, 0.2) is 36.4 Å². The van der Waals surface area contributed by atoms with Gasteiger partial charge < -0.3 is 15.1 Å². The van der Waals surface area contributed by atoms with Crippen LogP contribution in [0, 0.1) is 25.5 Å². The Morgan fingerprint density at radius 2 is 1.71 bits per heavy atom. The molecule has 7 heteroatoms. The molecule has 2 amide bonds.